The summed E-state index contributed by atoms with van der Waals surface area (Å²) in [5, 5.41) is 17.8. The number of rotatable bonds is 10. The van der Waals surface area contributed by atoms with Crippen LogP contribution in [-0.2, 0) is 0 Å². The number of nitrogens with zero attached hydrogens (tertiary/aromatic N) is 1. The predicted molar refractivity (Wildman–Crippen MR) is 92.6 cm³/mol. The maximum Gasteiger partial charge on any atom is 0.315 e. The molecule has 0 aliphatic carbocycles. The van der Waals surface area contributed by atoms with Gasteiger partial charge < -0.3 is 10.6 Å². The smallest absolute Gasteiger partial charge is 0.315 e. The number of nitro benzene ring substituents is 1. The van der Waals surface area contributed by atoms with Gasteiger partial charge in [-0.2, -0.15) is 11.8 Å². The quantitative estimate of drug-likeness (QED) is 0.382. The summed E-state index contributed by atoms with van der Waals surface area (Å²) in [6, 6.07) is 5.60. The van der Waals surface area contributed by atoms with Gasteiger partial charge >= 0.3 is 5.69 Å². The van der Waals surface area contributed by atoms with E-state index in [1.165, 1.54) is 0 Å². The Labute approximate surface area is 131 Å². The molecule has 1 atom stereocenters. The number of nitrogens with one attached hydrogen (secondary N) is 2. The van der Waals surface area contributed by atoms with Crippen molar-refractivity contribution in [1.82, 2.24) is 0 Å². The van der Waals surface area contributed by atoms with Crippen molar-refractivity contribution in [3.8, 4) is 0 Å². The molecule has 0 amide bonds. The summed E-state index contributed by atoms with van der Waals surface area (Å²) >= 11 is 1.89. The molecule has 1 rings (SSSR count). The number of anilines is 2. The Morgan fingerprint density at radius 3 is 2.67 bits per heavy atom. The number of thioether (sulfide) groups is 1. The first-order chi connectivity index (χ1) is 10.1. The van der Waals surface area contributed by atoms with Gasteiger partial charge in [0.1, 0.15) is 11.4 Å². The van der Waals surface area contributed by atoms with Crippen molar-refractivity contribution < 1.29 is 4.92 Å². The second-order valence-corrected chi connectivity index (χ2v) is 6.31. The average molecular weight is 311 g/mol. The third-order valence-corrected chi connectivity index (χ3v) is 4.02. The van der Waals surface area contributed by atoms with E-state index in [9.17, 15) is 10.1 Å². The Hall–Kier alpha value is -1.43. The SMILES string of the molecule is CCCNc1cccc(NC(C)CCSCC)c1[N+](=O)[O-]. The van der Waals surface area contributed by atoms with Crippen LogP contribution in [0.4, 0.5) is 17.1 Å². The molecule has 1 aromatic rings. The monoisotopic (exact) mass is 311 g/mol. The standard InChI is InChI=1S/C15H25N3O2S/c1-4-10-16-13-7-6-8-14(15(13)18(19)20)17-12(3)9-11-21-5-2/h6-8,12,16-17H,4-5,9-11H2,1-3H3. The zero-order valence-corrected chi connectivity index (χ0v) is 13.8. The molecule has 0 spiro atoms. The Bertz CT molecular complexity index is 455. The van der Waals surface area contributed by atoms with Gasteiger partial charge in [0, 0.05) is 12.6 Å². The Kier molecular flexibility index (Phi) is 7.97. The second kappa shape index (κ2) is 9.50. The van der Waals surface area contributed by atoms with Crippen LogP contribution >= 0.6 is 11.8 Å². The molecule has 0 saturated carbocycles. The zero-order chi connectivity index (χ0) is 15.7. The normalized spacial score (nSPS) is 12.0. The van der Waals surface area contributed by atoms with Crippen LogP contribution in [0.3, 0.4) is 0 Å². The fourth-order valence-electron chi connectivity index (χ4n) is 2.00. The summed E-state index contributed by atoms with van der Waals surface area (Å²) in [6.45, 7) is 6.96. The van der Waals surface area contributed by atoms with Crippen molar-refractivity contribution >= 4 is 28.8 Å². The van der Waals surface area contributed by atoms with Gasteiger partial charge in [0.05, 0.1) is 4.92 Å². The molecule has 21 heavy (non-hydrogen) atoms. The highest BCUT2D eigenvalue weighted by atomic mass is 32.2. The second-order valence-electron chi connectivity index (χ2n) is 4.92. The summed E-state index contributed by atoms with van der Waals surface area (Å²) < 4.78 is 0. The highest BCUT2D eigenvalue weighted by Gasteiger charge is 2.20. The lowest BCUT2D eigenvalue weighted by molar-refractivity contribution is -0.383. The largest absolute Gasteiger partial charge is 0.379 e. The number of nitro groups is 1. The lowest BCUT2D eigenvalue weighted by Crippen LogP contribution is -2.17. The molecule has 1 aromatic carbocycles. The highest BCUT2D eigenvalue weighted by molar-refractivity contribution is 7.99. The van der Waals surface area contributed by atoms with Crippen molar-refractivity contribution in [2.24, 2.45) is 0 Å². The van der Waals surface area contributed by atoms with Gasteiger partial charge in [-0.05, 0) is 43.4 Å². The van der Waals surface area contributed by atoms with E-state index in [2.05, 4.69) is 24.5 Å². The summed E-state index contributed by atoms with van der Waals surface area (Å²) in [5.41, 5.74) is 1.32. The first-order valence-electron chi connectivity index (χ1n) is 7.45. The molecule has 5 nitrogen and oxygen atoms in total. The van der Waals surface area contributed by atoms with Crippen molar-refractivity contribution in [2.75, 3.05) is 28.7 Å². The van der Waals surface area contributed by atoms with Crippen molar-refractivity contribution in [1.29, 1.82) is 0 Å². The van der Waals surface area contributed by atoms with Crippen LogP contribution in [0.2, 0.25) is 0 Å². The number of para-hydroxylation sites is 1. The maximum absolute atomic E-state index is 11.4. The molecule has 0 aromatic heterocycles. The first-order valence-corrected chi connectivity index (χ1v) is 8.61. The minimum Gasteiger partial charge on any atom is -0.379 e. The summed E-state index contributed by atoms with van der Waals surface area (Å²) in [6.07, 6.45) is 1.92. The van der Waals surface area contributed by atoms with E-state index in [0.717, 1.165) is 30.9 Å². The van der Waals surface area contributed by atoms with Crippen LogP contribution in [0.15, 0.2) is 18.2 Å². The van der Waals surface area contributed by atoms with Crippen molar-refractivity contribution in [2.45, 2.75) is 39.7 Å². The van der Waals surface area contributed by atoms with Gasteiger partial charge in [0.15, 0.2) is 0 Å². The van der Waals surface area contributed by atoms with E-state index >= 15 is 0 Å². The predicted octanol–water partition coefficient (Wildman–Crippen LogP) is 4.36. The zero-order valence-electron chi connectivity index (χ0n) is 13.0. The van der Waals surface area contributed by atoms with E-state index in [1.807, 2.05) is 24.8 Å². The third-order valence-electron chi connectivity index (χ3n) is 3.09. The fourth-order valence-corrected chi connectivity index (χ4v) is 2.81. The molecular weight excluding hydrogens is 286 g/mol. The minimum atomic E-state index is -0.312. The van der Waals surface area contributed by atoms with Crippen LogP contribution in [0.5, 0.6) is 0 Å². The van der Waals surface area contributed by atoms with E-state index in [4.69, 9.17) is 0 Å². The average Bonchev–Trinajstić information content (AvgIpc) is 2.45. The van der Waals surface area contributed by atoms with Crippen molar-refractivity contribution in [3.63, 3.8) is 0 Å². The van der Waals surface area contributed by atoms with Gasteiger partial charge in [-0.1, -0.05) is 19.9 Å². The first kappa shape index (κ1) is 17.6. The van der Waals surface area contributed by atoms with Crippen molar-refractivity contribution in [3.05, 3.63) is 28.3 Å². The summed E-state index contributed by atoms with van der Waals surface area (Å²) in [4.78, 5) is 11.1. The fraction of sp³-hybridized carbons (Fsp3) is 0.600. The molecule has 0 bridgehead atoms. The number of benzene rings is 1. The Balaban J connectivity index is 2.82. The van der Waals surface area contributed by atoms with Crippen LogP contribution in [0, 0.1) is 10.1 Å². The molecule has 0 aliphatic heterocycles. The van der Waals surface area contributed by atoms with Gasteiger partial charge in [0.2, 0.25) is 0 Å². The molecule has 0 heterocycles. The van der Waals surface area contributed by atoms with Gasteiger partial charge in [-0.25, -0.2) is 0 Å². The van der Waals surface area contributed by atoms with Gasteiger partial charge in [0.25, 0.3) is 0 Å². The molecule has 0 fully saturated rings. The van der Waals surface area contributed by atoms with Crippen LogP contribution in [0.25, 0.3) is 0 Å². The van der Waals surface area contributed by atoms with Crippen LogP contribution < -0.4 is 10.6 Å². The molecule has 2 N–H and O–H groups in total. The Morgan fingerprint density at radius 1 is 1.33 bits per heavy atom. The number of hydrogen-bond acceptors (Lipinski definition) is 5. The molecule has 1 unspecified atom stereocenters. The highest BCUT2D eigenvalue weighted by Crippen LogP contribution is 2.33. The third kappa shape index (κ3) is 5.83. The van der Waals surface area contributed by atoms with Gasteiger partial charge in [-0.15, -0.1) is 0 Å². The van der Waals surface area contributed by atoms with E-state index in [0.29, 0.717) is 11.4 Å². The number of hydrogen-bond donors (Lipinski definition) is 2. The Morgan fingerprint density at radius 2 is 2.05 bits per heavy atom. The summed E-state index contributed by atoms with van der Waals surface area (Å²) in [5.74, 6) is 2.16. The van der Waals surface area contributed by atoms with Crippen LogP contribution in [-0.4, -0.2) is 29.0 Å². The van der Waals surface area contributed by atoms with Gasteiger partial charge in [-0.3, -0.25) is 10.1 Å². The van der Waals surface area contributed by atoms with E-state index in [1.54, 1.807) is 12.1 Å². The molecule has 0 radical (unpaired) electrons. The minimum absolute atomic E-state index is 0.140. The van der Waals surface area contributed by atoms with E-state index < -0.39 is 0 Å². The molecule has 6 heteroatoms. The molecular formula is C15H25N3O2S. The summed E-state index contributed by atoms with van der Waals surface area (Å²) in [7, 11) is 0. The molecule has 0 aliphatic rings. The topological polar surface area (TPSA) is 67.2 Å². The van der Waals surface area contributed by atoms with E-state index in [-0.39, 0.29) is 16.7 Å². The molecule has 0 saturated heterocycles. The molecule has 118 valence electrons. The maximum atomic E-state index is 11.4. The van der Waals surface area contributed by atoms with Crippen LogP contribution in [0.1, 0.15) is 33.6 Å². The lowest BCUT2D eigenvalue weighted by atomic mass is 10.2. The lowest BCUT2D eigenvalue weighted by Gasteiger charge is -2.16.